The molecule has 2 amide bonds. The van der Waals surface area contributed by atoms with Crippen LogP contribution >= 0.6 is 0 Å². The van der Waals surface area contributed by atoms with Gasteiger partial charge in [0.05, 0.1) is 0 Å². The second kappa shape index (κ2) is 8.03. The number of nitrogens with zero attached hydrogens (tertiary/aromatic N) is 1. The van der Waals surface area contributed by atoms with E-state index in [2.05, 4.69) is 15.5 Å². The Labute approximate surface area is 169 Å². The zero-order chi connectivity index (χ0) is 19.7. The van der Waals surface area contributed by atoms with Gasteiger partial charge in [-0.2, -0.15) is 0 Å². The normalized spacial score (nSPS) is 17.8. The molecule has 0 saturated carbocycles. The Hall–Kier alpha value is -2.21. The van der Waals surface area contributed by atoms with Gasteiger partial charge in [0.1, 0.15) is 0 Å². The average molecular weight is 446 g/mol. The Morgan fingerprint density at radius 3 is 2.89 bits per heavy atom. The molecule has 1 aromatic heterocycles. The fraction of sp³-hybridized carbons (Fsp3) is 0.333. The number of hydrogen-bond donors (Lipinski definition) is 2. The van der Waals surface area contributed by atoms with Gasteiger partial charge < -0.3 is 0 Å². The summed E-state index contributed by atoms with van der Waals surface area (Å²) in [4.78, 5) is 27.2. The number of likely N-dealkylation sites (tertiary alicyclic amines) is 1. The molecule has 146 valence electrons. The molecule has 3 heterocycles. The third-order valence-corrected chi connectivity index (χ3v) is 7.24. The molecule has 28 heavy (non-hydrogen) atoms. The van der Waals surface area contributed by atoms with Crippen LogP contribution in [0.2, 0.25) is 0 Å². The summed E-state index contributed by atoms with van der Waals surface area (Å²) < 4.78 is 15.6. The molecule has 1 saturated heterocycles. The molecule has 0 bridgehead atoms. The number of anilines is 1. The SMILES string of the molecule is Cc1[se]c(/C=C2\C(=O)Nc3ccc(F)cc32)cc1C(=O)NCCN1CCCC1. The number of carbonyl (C=O) groups is 2. The van der Waals surface area contributed by atoms with Crippen LogP contribution in [0.3, 0.4) is 0 Å². The number of rotatable bonds is 5. The molecule has 1 aromatic carbocycles. The van der Waals surface area contributed by atoms with Gasteiger partial charge in [-0.15, -0.1) is 0 Å². The Kier molecular flexibility index (Phi) is 5.49. The van der Waals surface area contributed by atoms with Gasteiger partial charge in [-0.05, 0) is 0 Å². The van der Waals surface area contributed by atoms with Gasteiger partial charge >= 0.3 is 169 Å². The van der Waals surface area contributed by atoms with Crippen LogP contribution in [0.5, 0.6) is 0 Å². The summed E-state index contributed by atoms with van der Waals surface area (Å²) >= 11 is -0.0228. The standard InChI is InChI=1S/C21H22FN3O2Se/c1-13-16(20(26)23-6-9-25-7-2-3-8-25)11-15(28-13)12-18-17-10-14(22)4-5-19(17)24-21(18)27/h4-5,10-12H,2-3,6-9H2,1H3,(H,23,26)(H,24,27)/b18-12-. The number of nitrogens with one attached hydrogen (secondary N) is 2. The summed E-state index contributed by atoms with van der Waals surface area (Å²) in [7, 11) is 0. The maximum atomic E-state index is 13.6. The number of benzene rings is 1. The van der Waals surface area contributed by atoms with Crippen LogP contribution in [-0.2, 0) is 4.79 Å². The first-order valence-corrected chi connectivity index (χ1v) is 11.2. The third-order valence-electron chi connectivity index (χ3n) is 5.14. The number of hydrogen-bond acceptors (Lipinski definition) is 3. The number of fused-ring (bicyclic) bond motifs is 1. The van der Waals surface area contributed by atoms with Crippen LogP contribution in [0.25, 0.3) is 11.6 Å². The molecule has 1 fully saturated rings. The molecule has 2 N–H and O–H groups in total. The molecule has 0 unspecified atom stereocenters. The van der Waals surface area contributed by atoms with E-state index in [4.69, 9.17) is 0 Å². The quantitative estimate of drug-likeness (QED) is 0.548. The van der Waals surface area contributed by atoms with Crippen molar-refractivity contribution in [2.45, 2.75) is 19.8 Å². The van der Waals surface area contributed by atoms with E-state index in [1.54, 1.807) is 12.1 Å². The van der Waals surface area contributed by atoms with Crippen molar-refractivity contribution in [3.05, 3.63) is 50.1 Å². The van der Waals surface area contributed by atoms with Gasteiger partial charge in [0.25, 0.3) is 0 Å². The average Bonchev–Trinajstić information content (AvgIpc) is 3.36. The zero-order valence-electron chi connectivity index (χ0n) is 15.7. The van der Waals surface area contributed by atoms with E-state index >= 15 is 0 Å². The summed E-state index contributed by atoms with van der Waals surface area (Å²) in [6.45, 7) is 5.71. The molecular formula is C21H22FN3O2Se. The van der Waals surface area contributed by atoms with Gasteiger partial charge in [-0.3, -0.25) is 0 Å². The molecule has 5 nitrogen and oxygen atoms in total. The van der Waals surface area contributed by atoms with Crippen LogP contribution in [0.1, 0.15) is 37.6 Å². The predicted octanol–water partition coefficient (Wildman–Crippen LogP) is 2.51. The first kappa shape index (κ1) is 19.1. The fourth-order valence-electron chi connectivity index (χ4n) is 3.68. The Bertz CT molecular complexity index is 961. The van der Waals surface area contributed by atoms with Crippen molar-refractivity contribution in [2.24, 2.45) is 0 Å². The Morgan fingerprint density at radius 1 is 1.32 bits per heavy atom. The van der Waals surface area contributed by atoms with Crippen molar-refractivity contribution >= 4 is 43.7 Å². The molecule has 0 spiro atoms. The predicted molar refractivity (Wildman–Crippen MR) is 109 cm³/mol. The molecule has 2 aliphatic heterocycles. The number of aryl methyl sites for hydroxylation is 1. The van der Waals surface area contributed by atoms with Crippen LogP contribution < -0.4 is 10.6 Å². The van der Waals surface area contributed by atoms with Crippen molar-refractivity contribution in [2.75, 3.05) is 31.5 Å². The first-order chi connectivity index (χ1) is 13.5. The van der Waals surface area contributed by atoms with Crippen LogP contribution in [-0.4, -0.2) is 57.4 Å². The molecule has 0 atom stereocenters. The topological polar surface area (TPSA) is 61.4 Å². The minimum atomic E-state index is -0.376. The van der Waals surface area contributed by atoms with Gasteiger partial charge in [-0.25, -0.2) is 0 Å². The van der Waals surface area contributed by atoms with Crippen molar-refractivity contribution in [3.8, 4) is 0 Å². The minimum absolute atomic E-state index is 0.0228. The molecule has 0 aliphatic carbocycles. The number of amides is 2. The number of carbonyl (C=O) groups excluding carboxylic acids is 2. The van der Waals surface area contributed by atoms with E-state index in [0.717, 1.165) is 28.5 Å². The van der Waals surface area contributed by atoms with Gasteiger partial charge in [0.15, 0.2) is 0 Å². The van der Waals surface area contributed by atoms with E-state index in [1.165, 1.54) is 25.0 Å². The Morgan fingerprint density at radius 2 is 2.11 bits per heavy atom. The molecule has 2 aromatic rings. The second-order valence-electron chi connectivity index (χ2n) is 7.13. The third kappa shape index (κ3) is 3.97. The van der Waals surface area contributed by atoms with Crippen molar-refractivity contribution in [1.82, 2.24) is 10.2 Å². The van der Waals surface area contributed by atoms with E-state index < -0.39 is 0 Å². The monoisotopic (exact) mass is 447 g/mol. The zero-order valence-corrected chi connectivity index (χ0v) is 17.4. The van der Waals surface area contributed by atoms with Crippen molar-refractivity contribution in [1.29, 1.82) is 0 Å². The van der Waals surface area contributed by atoms with E-state index in [-0.39, 0.29) is 32.1 Å². The molecule has 2 aliphatic rings. The van der Waals surface area contributed by atoms with Crippen molar-refractivity contribution < 1.29 is 14.0 Å². The second-order valence-corrected chi connectivity index (χ2v) is 9.83. The van der Waals surface area contributed by atoms with Gasteiger partial charge in [0.2, 0.25) is 0 Å². The first-order valence-electron chi connectivity index (χ1n) is 9.45. The molecule has 7 heteroatoms. The molecule has 4 rings (SSSR count). The summed E-state index contributed by atoms with van der Waals surface area (Å²) in [5.74, 6) is -0.674. The van der Waals surface area contributed by atoms with E-state index in [0.29, 0.717) is 28.9 Å². The van der Waals surface area contributed by atoms with Crippen molar-refractivity contribution in [3.63, 3.8) is 0 Å². The molecule has 0 radical (unpaired) electrons. The van der Waals surface area contributed by atoms with Gasteiger partial charge in [0, 0.05) is 0 Å². The molecular weight excluding hydrogens is 424 g/mol. The van der Waals surface area contributed by atoms with E-state index in [9.17, 15) is 14.0 Å². The Balaban J connectivity index is 1.48. The fourth-order valence-corrected chi connectivity index (χ4v) is 5.71. The number of halogens is 1. The van der Waals surface area contributed by atoms with Crippen LogP contribution in [0, 0.1) is 12.7 Å². The summed E-state index contributed by atoms with van der Waals surface area (Å²) in [5, 5.41) is 5.76. The van der Waals surface area contributed by atoms with Crippen LogP contribution in [0.4, 0.5) is 10.1 Å². The maximum absolute atomic E-state index is 13.6. The van der Waals surface area contributed by atoms with E-state index in [1.807, 2.05) is 13.0 Å². The van der Waals surface area contributed by atoms with Crippen LogP contribution in [0.15, 0.2) is 24.3 Å². The van der Waals surface area contributed by atoms with Gasteiger partial charge in [-0.1, -0.05) is 0 Å². The summed E-state index contributed by atoms with van der Waals surface area (Å²) in [6, 6.07) is 6.13. The summed E-state index contributed by atoms with van der Waals surface area (Å²) in [5.41, 5.74) is 2.33. The summed E-state index contributed by atoms with van der Waals surface area (Å²) in [6.07, 6.45) is 4.26.